The van der Waals surface area contributed by atoms with Gasteiger partial charge in [0.15, 0.2) is 0 Å². The molecule has 198 valence electrons. The van der Waals surface area contributed by atoms with Crippen molar-refractivity contribution in [2.75, 3.05) is 35.6 Å². The van der Waals surface area contributed by atoms with Crippen LogP contribution < -0.4 is 20.7 Å². The Balaban J connectivity index is 1.25. The van der Waals surface area contributed by atoms with E-state index in [4.69, 9.17) is 15.6 Å². The van der Waals surface area contributed by atoms with E-state index in [1.165, 1.54) is 5.56 Å². The first-order valence-electron chi connectivity index (χ1n) is 12.9. The molecule has 1 aliphatic carbocycles. The van der Waals surface area contributed by atoms with E-state index in [9.17, 15) is 9.59 Å². The van der Waals surface area contributed by atoms with Crippen LogP contribution in [0.3, 0.4) is 0 Å². The molecular formula is C27H31N7O4. The number of ether oxygens (including phenoxy) is 1. The molecule has 1 aromatic carbocycles. The van der Waals surface area contributed by atoms with E-state index >= 15 is 0 Å². The second-order valence-electron chi connectivity index (χ2n) is 9.70. The van der Waals surface area contributed by atoms with Gasteiger partial charge in [-0.15, -0.1) is 0 Å². The summed E-state index contributed by atoms with van der Waals surface area (Å²) in [6.07, 6.45) is 9.64. The largest absolute Gasteiger partial charge is 0.481 e. The molecule has 1 aliphatic heterocycles. The van der Waals surface area contributed by atoms with Crippen molar-refractivity contribution in [1.29, 1.82) is 0 Å². The van der Waals surface area contributed by atoms with Crippen LogP contribution in [0, 0.1) is 5.92 Å². The number of rotatable bonds is 8. The van der Waals surface area contributed by atoms with Gasteiger partial charge in [-0.25, -0.2) is 0 Å². The van der Waals surface area contributed by atoms with Crippen molar-refractivity contribution < 1.29 is 19.4 Å². The zero-order chi connectivity index (χ0) is 26.5. The summed E-state index contributed by atoms with van der Waals surface area (Å²) in [7, 11) is 0. The number of fused-ring (bicyclic) bond motifs is 1. The minimum Gasteiger partial charge on any atom is -0.481 e. The molecule has 1 saturated carbocycles. The SMILES string of the molecule is Nc1nc(NCCc2cnccn2)nc2c1C(=O)N(c1ccc(C3CCC(CC(=O)O)CC3)cc1)CCO2. The first kappa shape index (κ1) is 25.4. The molecule has 38 heavy (non-hydrogen) atoms. The van der Waals surface area contributed by atoms with Crippen molar-refractivity contribution in [3.8, 4) is 5.88 Å². The van der Waals surface area contributed by atoms with Crippen LogP contribution in [0.5, 0.6) is 5.88 Å². The van der Waals surface area contributed by atoms with Crippen molar-refractivity contribution in [3.05, 3.63) is 59.7 Å². The maximum Gasteiger partial charge on any atom is 0.303 e. The number of nitrogen functional groups attached to an aromatic ring is 1. The van der Waals surface area contributed by atoms with Gasteiger partial charge < -0.3 is 25.8 Å². The number of carbonyl (C=O) groups is 2. The first-order valence-corrected chi connectivity index (χ1v) is 12.9. The van der Waals surface area contributed by atoms with E-state index in [-0.39, 0.29) is 48.1 Å². The molecule has 3 aromatic rings. The maximum atomic E-state index is 13.5. The second-order valence-corrected chi connectivity index (χ2v) is 9.70. The Morgan fingerprint density at radius 2 is 1.92 bits per heavy atom. The van der Waals surface area contributed by atoms with E-state index in [1.807, 2.05) is 12.1 Å². The average molecular weight is 518 g/mol. The number of benzene rings is 1. The summed E-state index contributed by atoms with van der Waals surface area (Å²) in [5, 5.41) is 12.2. The minimum atomic E-state index is -0.720. The van der Waals surface area contributed by atoms with Crippen molar-refractivity contribution in [2.24, 2.45) is 5.92 Å². The quantitative estimate of drug-likeness (QED) is 0.405. The van der Waals surface area contributed by atoms with Crippen molar-refractivity contribution in [3.63, 3.8) is 0 Å². The lowest BCUT2D eigenvalue weighted by Gasteiger charge is -2.28. The number of nitrogens with zero attached hydrogens (tertiary/aromatic N) is 5. The summed E-state index contributed by atoms with van der Waals surface area (Å²) in [6.45, 7) is 1.14. The number of carboxylic acids is 1. The van der Waals surface area contributed by atoms with Gasteiger partial charge in [0.2, 0.25) is 11.8 Å². The number of aliphatic carboxylic acids is 1. The van der Waals surface area contributed by atoms with E-state index in [2.05, 4.69) is 37.4 Å². The van der Waals surface area contributed by atoms with E-state index in [0.717, 1.165) is 37.1 Å². The van der Waals surface area contributed by atoms with Crippen LogP contribution in [0.4, 0.5) is 17.5 Å². The Morgan fingerprint density at radius 1 is 1.13 bits per heavy atom. The molecule has 2 aromatic heterocycles. The summed E-state index contributed by atoms with van der Waals surface area (Å²) in [5.74, 6) is 0.158. The fourth-order valence-electron chi connectivity index (χ4n) is 5.19. The molecule has 0 unspecified atom stereocenters. The average Bonchev–Trinajstić information content (AvgIpc) is 3.08. The summed E-state index contributed by atoms with van der Waals surface area (Å²) in [6, 6.07) is 8.00. The summed E-state index contributed by atoms with van der Waals surface area (Å²) < 4.78 is 5.82. The number of anilines is 3. The molecule has 5 rings (SSSR count). The van der Waals surface area contributed by atoms with Crippen LogP contribution >= 0.6 is 0 Å². The molecule has 0 atom stereocenters. The number of nitrogens with two attached hydrogens (primary N) is 1. The van der Waals surface area contributed by atoms with Gasteiger partial charge in [0.1, 0.15) is 18.0 Å². The van der Waals surface area contributed by atoms with Crippen molar-refractivity contribution >= 4 is 29.3 Å². The molecule has 0 radical (unpaired) electrons. The number of hydrogen-bond acceptors (Lipinski definition) is 9. The van der Waals surface area contributed by atoms with Crippen molar-refractivity contribution in [1.82, 2.24) is 19.9 Å². The van der Waals surface area contributed by atoms with Crippen molar-refractivity contribution in [2.45, 2.75) is 44.4 Å². The lowest BCUT2D eigenvalue weighted by molar-refractivity contribution is -0.138. The second kappa shape index (κ2) is 11.4. The topological polar surface area (TPSA) is 156 Å². The van der Waals surface area contributed by atoms with Gasteiger partial charge in [0, 0.05) is 43.7 Å². The van der Waals surface area contributed by atoms with Crippen LogP contribution in [-0.4, -0.2) is 56.6 Å². The number of carbonyl (C=O) groups excluding carboxylic acids is 1. The molecule has 3 heterocycles. The third-order valence-electron chi connectivity index (χ3n) is 7.18. The summed E-state index contributed by atoms with van der Waals surface area (Å²) in [4.78, 5) is 43.1. The Morgan fingerprint density at radius 3 is 2.63 bits per heavy atom. The number of aromatic nitrogens is 4. The maximum absolute atomic E-state index is 13.5. The molecule has 1 fully saturated rings. The normalized spacial score (nSPS) is 19.3. The molecule has 0 bridgehead atoms. The Labute approximate surface area is 220 Å². The first-order chi connectivity index (χ1) is 18.5. The Hall–Kier alpha value is -4.28. The van der Waals surface area contributed by atoms with Gasteiger partial charge in [-0.2, -0.15) is 9.97 Å². The Bertz CT molecular complexity index is 1280. The number of amides is 1. The van der Waals surface area contributed by atoms with E-state index in [0.29, 0.717) is 25.4 Å². The number of nitrogens with one attached hydrogen (secondary N) is 1. The lowest BCUT2D eigenvalue weighted by Crippen LogP contribution is -2.32. The predicted molar refractivity (Wildman–Crippen MR) is 141 cm³/mol. The number of carboxylic acid groups (broad SMARTS) is 1. The van der Waals surface area contributed by atoms with Crippen LogP contribution in [0.25, 0.3) is 0 Å². The monoisotopic (exact) mass is 517 g/mol. The van der Waals surface area contributed by atoms with Gasteiger partial charge in [0.25, 0.3) is 5.91 Å². The highest BCUT2D eigenvalue weighted by molar-refractivity contribution is 6.10. The van der Waals surface area contributed by atoms with Gasteiger partial charge >= 0.3 is 5.97 Å². The Kier molecular flexibility index (Phi) is 7.62. The molecular weight excluding hydrogens is 486 g/mol. The zero-order valence-corrected chi connectivity index (χ0v) is 21.0. The summed E-state index contributed by atoms with van der Waals surface area (Å²) >= 11 is 0. The van der Waals surface area contributed by atoms with Gasteiger partial charge in [-0.05, 0) is 55.2 Å². The van der Waals surface area contributed by atoms with E-state index < -0.39 is 5.97 Å². The molecule has 4 N–H and O–H groups in total. The highest BCUT2D eigenvalue weighted by atomic mass is 16.5. The lowest BCUT2D eigenvalue weighted by atomic mass is 9.77. The standard InChI is InChI=1S/C27H31N7O4/c28-24-23-25(33-27(32-24)31-10-9-20-16-29-11-12-30-20)38-14-13-34(26(23)37)21-7-5-19(6-8-21)18-3-1-17(2-4-18)15-22(35)36/h5-8,11-12,16-18H,1-4,9-10,13-15H2,(H,35,36)(H3,28,31,32,33). The van der Waals surface area contributed by atoms with E-state index in [1.54, 1.807) is 23.5 Å². The fraction of sp³-hybridized carbons (Fsp3) is 0.407. The highest BCUT2D eigenvalue weighted by Crippen LogP contribution is 2.38. The zero-order valence-electron chi connectivity index (χ0n) is 21.0. The van der Waals surface area contributed by atoms with Crippen LogP contribution in [-0.2, 0) is 11.2 Å². The number of hydrogen-bond donors (Lipinski definition) is 3. The third kappa shape index (κ3) is 5.82. The van der Waals surface area contributed by atoms with Crippen LogP contribution in [0.1, 0.15) is 59.6 Å². The highest BCUT2D eigenvalue weighted by Gasteiger charge is 2.30. The molecule has 0 saturated heterocycles. The third-order valence-corrected chi connectivity index (χ3v) is 7.18. The summed E-state index contributed by atoms with van der Waals surface area (Å²) in [5.41, 5.74) is 9.16. The van der Waals surface area contributed by atoms with Gasteiger partial charge in [-0.3, -0.25) is 19.6 Å². The molecule has 2 aliphatic rings. The predicted octanol–water partition coefficient (Wildman–Crippen LogP) is 3.29. The van der Waals surface area contributed by atoms with Gasteiger partial charge in [0.05, 0.1) is 12.2 Å². The minimum absolute atomic E-state index is 0.0589. The van der Waals surface area contributed by atoms with Crippen LogP contribution in [0.2, 0.25) is 0 Å². The van der Waals surface area contributed by atoms with Gasteiger partial charge in [-0.1, -0.05) is 12.1 Å². The molecule has 11 heteroatoms. The molecule has 1 amide bonds. The molecule has 11 nitrogen and oxygen atoms in total. The molecule has 0 spiro atoms. The smallest absolute Gasteiger partial charge is 0.303 e. The van der Waals surface area contributed by atoms with Crippen LogP contribution in [0.15, 0.2) is 42.9 Å². The fourth-order valence-corrected chi connectivity index (χ4v) is 5.19.